The van der Waals surface area contributed by atoms with Gasteiger partial charge in [0.05, 0.1) is 17.6 Å². The highest BCUT2D eigenvalue weighted by atomic mass is 15.1. The van der Waals surface area contributed by atoms with Crippen LogP contribution in [0.25, 0.3) is 5.69 Å². The molecule has 116 valence electrons. The summed E-state index contributed by atoms with van der Waals surface area (Å²) >= 11 is 0. The van der Waals surface area contributed by atoms with E-state index in [-0.39, 0.29) is 0 Å². The van der Waals surface area contributed by atoms with E-state index in [0.717, 1.165) is 17.1 Å². The third kappa shape index (κ3) is 3.34. The van der Waals surface area contributed by atoms with Gasteiger partial charge in [-0.2, -0.15) is 0 Å². The number of aliphatic imine (C=N–C) groups is 1. The fourth-order valence-corrected chi connectivity index (χ4v) is 2.49. The lowest BCUT2D eigenvalue weighted by atomic mass is 10.2. The van der Waals surface area contributed by atoms with Gasteiger partial charge in [-0.05, 0) is 55.0 Å². The van der Waals surface area contributed by atoms with Crippen LogP contribution in [0.4, 0.5) is 11.4 Å². The molecule has 23 heavy (non-hydrogen) atoms. The Balaban J connectivity index is 1.89. The first kappa shape index (κ1) is 15.1. The van der Waals surface area contributed by atoms with Gasteiger partial charge in [0.2, 0.25) is 0 Å². The molecule has 0 radical (unpaired) electrons. The average Bonchev–Trinajstić information content (AvgIpc) is 3.02. The van der Waals surface area contributed by atoms with E-state index in [9.17, 15) is 0 Å². The van der Waals surface area contributed by atoms with Gasteiger partial charge in [-0.15, -0.1) is 0 Å². The summed E-state index contributed by atoms with van der Waals surface area (Å²) in [7, 11) is 4.09. The van der Waals surface area contributed by atoms with E-state index in [0.29, 0.717) is 0 Å². The van der Waals surface area contributed by atoms with E-state index in [1.807, 2.05) is 44.6 Å². The minimum atomic E-state index is 1.00. The predicted octanol–water partition coefficient (Wildman–Crippen LogP) is 4.60. The monoisotopic (exact) mass is 303 g/mol. The van der Waals surface area contributed by atoms with E-state index >= 15 is 0 Å². The largest absolute Gasteiger partial charge is 0.378 e. The van der Waals surface area contributed by atoms with Crippen molar-refractivity contribution in [2.24, 2.45) is 4.99 Å². The number of anilines is 1. The normalized spacial score (nSPS) is 11.1. The third-order valence-corrected chi connectivity index (χ3v) is 3.88. The van der Waals surface area contributed by atoms with Crippen molar-refractivity contribution in [3.8, 4) is 5.69 Å². The molecule has 2 aromatic carbocycles. The Bertz CT molecular complexity index is 811. The molecule has 0 aliphatic heterocycles. The number of hydrogen-bond donors (Lipinski definition) is 0. The highest BCUT2D eigenvalue weighted by Gasteiger charge is 2.02. The molecule has 0 spiro atoms. The van der Waals surface area contributed by atoms with E-state index in [2.05, 4.69) is 64.0 Å². The van der Waals surface area contributed by atoms with E-state index in [1.54, 1.807) is 0 Å². The first-order chi connectivity index (χ1) is 11.1. The lowest BCUT2D eigenvalue weighted by Crippen LogP contribution is -2.08. The van der Waals surface area contributed by atoms with Crippen LogP contribution < -0.4 is 4.90 Å². The fourth-order valence-electron chi connectivity index (χ4n) is 2.49. The summed E-state index contributed by atoms with van der Waals surface area (Å²) < 4.78 is 2.14. The van der Waals surface area contributed by atoms with Crippen LogP contribution >= 0.6 is 0 Å². The molecule has 0 fully saturated rings. The van der Waals surface area contributed by atoms with Crippen LogP contribution in [0.3, 0.4) is 0 Å². The van der Waals surface area contributed by atoms with Crippen LogP contribution in [-0.4, -0.2) is 24.9 Å². The zero-order valence-corrected chi connectivity index (χ0v) is 13.8. The Morgan fingerprint density at radius 2 is 1.65 bits per heavy atom. The molecule has 3 rings (SSSR count). The summed E-state index contributed by atoms with van der Waals surface area (Å²) in [5.74, 6) is 0. The number of benzene rings is 2. The molecule has 0 bridgehead atoms. The number of para-hydroxylation sites is 1. The Kier molecular flexibility index (Phi) is 4.29. The number of nitrogens with zero attached hydrogens (tertiary/aromatic N) is 3. The van der Waals surface area contributed by atoms with Crippen LogP contribution in [0.15, 0.2) is 71.9 Å². The molecule has 0 saturated carbocycles. The van der Waals surface area contributed by atoms with Crippen molar-refractivity contribution in [3.05, 3.63) is 78.1 Å². The second-order valence-electron chi connectivity index (χ2n) is 5.76. The molecule has 0 unspecified atom stereocenters. The molecule has 3 heteroatoms. The predicted molar refractivity (Wildman–Crippen MR) is 98.5 cm³/mol. The van der Waals surface area contributed by atoms with Gasteiger partial charge < -0.3 is 9.47 Å². The Morgan fingerprint density at radius 3 is 2.35 bits per heavy atom. The third-order valence-electron chi connectivity index (χ3n) is 3.88. The maximum atomic E-state index is 4.63. The van der Waals surface area contributed by atoms with Gasteiger partial charge in [0.1, 0.15) is 0 Å². The number of rotatable bonds is 4. The number of aryl methyl sites for hydroxylation is 1. The van der Waals surface area contributed by atoms with Crippen LogP contribution in [0, 0.1) is 6.92 Å². The van der Waals surface area contributed by atoms with Gasteiger partial charge in [0.15, 0.2) is 0 Å². The van der Waals surface area contributed by atoms with Crippen molar-refractivity contribution in [3.63, 3.8) is 0 Å². The van der Waals surface area contributed by atoms with Crippen molar-refractivity contribution in [2.75, 3.05) is 19.0 Å². The Labute approximate surface area is 137 Å². The minimum absolute atomic E-state index is 1.00. The maximum Gasteiger partial charge on any atom is 0.0659 e. The van der Waals surface area contributed by atoms with Crippen molar-refractivity contribution < 1.29 is 0 Å². The molecular formula is C20H21N3. The average molecular weight is 303 g/mol. The molecule has 3 aromatic rings. The maximum absolute atomic E-state index is 4.63. The molecule has 0 saturated heterocycles. The zero-order chi connectivity index (χ0) is 16.2. The fraction of sp³-hybridized carbons (Fsp3) is 0.150. The van der Waals surface area contributed by atoms with Crippen molar-refractivity contribution in [1.82, 2.24) is 4.57 Å². The van der Waals surface area contributed by atoms with E-state index in [1.165, 1.54) is 11.3 Å². The van der Waals surface area contributed by atoms with Gasteiger partial charge in [0, 0.05) is 31.7 Å². The van der Waals surface area contributed by atoms with Crippen molar-refractivity contribution >= 4 is 17.6 Å². The molecular weight excluding hydrogens is 282 g/mol. The standard InChI is InChI=1S/C20H21N3/c1-16-7-4-5-9-20(16)21-15-19-8-6-14-23(19)18-12-10-17(11-13-18)22(2)3/h4-15H,1-3H3. The summed E-state index contributed by atoms with van der Waals surface area (Å²) in [5.41, 5.74) is 5.56. The van der Waals surface area contributed by atoms with Crippen LogP contribution in [0.5, 0.6) is 0 Å². The van der Waals surface area contributed by atoms with Crippen LogP contribution in [0.2, 0.25) is 0 Å². The summed E-state index contributed by atoms with van der Waals surface area (Å²) in [6.07, 6.45) is 3.98. The summed E-state index contributed by atoms with van der Waals surface area (Å²) in [5, 5.41) is 0. The smallest absolute Gasteiger partial charge is 0.0659 e. The topological polar surface area (TPSA) is 20.5 Å². The van der Waals surface area contributed by atoms with Gasteiger partial charge >= 0.3 is 0 Å². The second kappa shape index (κ2) is 6.53. The SMILES string of the molecule is Cc1ccccc1N=Cc1cccn1-c1ccc(N(C)C)cc1. The zero-order valence-electron chi connectivity index (χ0n) is 13.8. The molecule has 0 aliphatic carbocycles. The highest BCUT2D eigenvalue weighted by molar-refractivity contribution is 5.81. The first-order valence-corrected chi connectivity index (χ1v) is 7.70. The molecule has 0 N–H and O–H groups in total. The lowest BCUT2D eigenvalue weighted by Gasteiger charge is -2.13. The molecule has 0 amide bonds. The van der Waals surface area contributed by atoms with E-state index in [4.69, 9.17) is 0 Å². The van der Waals surface area contributed by atoms with Gasteiger partial charge in [-0.3, -0.25) is 4.99 Å². The molecule has 0 aliphatic rings. The van der Waals surface area contributed by atoms with Crippen molar-refractivity contribution in [1.29, 1.82) is 0 Å². The minimum Gasteiger partial charge on any atom is -0.378 e. The van der Waals surface area contributed by atoms with Crippen LogP contribution in [0.1, 0.15) is 11.3 Å². The van der Waals surface area contributed by atoms with Crippen molar-refractivity contribution in [2.45, 2.75) is 6.92 Å². The Hall–Kier alpha value is -2.81. The quantitative estimate of drug-likeness (QED) is 0.645. The Morgan fingerprint density at radius 1 is 0.913 bits per heavy atom. The summed E-state index contributed by atoms with van der Waals surface area (Å²) in [4.78, 5) is 6.72. The molecule has 1 heterocycles. The van der Waals surface area contributed by atoms with Gasteiger partial charge in [0.25, 0.3) is 0 Å². The van der Waals surface area contributed by atoms with Crippen LogP contribution in [-0.2, 0) is 0 Å². The summed E-state index contributed by atoms with van der Waals surface area (Å²) in [6.45, 7) is 2.08. The van der Waals surface area contributed by atoms with Gasteiger partial charge in [-0.1, -0.05) is 18.2 Å². The molecule has 3 nitrogen and oxygen atoms in total. The second-order valence-corrected chi connectivity index (χ2v) is 5.76. The molecule has 1 aromatic heterocycles. The highest BCUT2D eigenvalue weighted by Crippen LogP contribution is 2.19. The number of aromatic nitrogens is 1. The summed E-state index contributed by atoms with van der Waals surface area (Å²) in [6, 6.07) is 20.8. The van der Waals surface area contributed by atoms with E-state index < -0.39 is 0 Å². The number of hydrogen-bond acceptors (Lipinski definition) is 2. The lowest BCUT2D eigenvalue weighted by molar-refractivity contribution is 1.06. The van der Waals surface area contributed by atoms with Gasteiger partial charge in [-0.25, -0.2) is 0 Å². The first-order valence-electron chi connectivity index (χ1n) is 7.70. The molecule has 0 atom stereocenters.